The van der Waals surface area contributed by atoms with Crippen LogP contribution >= 0.6 is 0 Å². The van der Waals surface area contributed by atoms with Gasteiger partial charge in [0.05, 0.1) is 7.11 Å². The largest absolute Gasteiger partial charge is 0.464 e. The number of benzene rings is 1. The van der Waals surface area contributed by atoms with Crippen molar-refractivity contribution in [3.8, 4) is 0 Å². The molecule has 0 atom stereocenters. The van der Waals surface area contributed by atoms with Crippen molar-refractivity contribution >= 4 is 11.9 Å². The van der Waals surface area contributed by atoms with Crippen LogP contribution in [0.1, 0.15) is 26.5 Å². The maximum absolute atomic E-state index is 13.5. The number of methoxy groups -OCH3 is 1. The summed E-state index contributed by atoms with van der Waals surface area (Å²) in [4.78, 5) is 23.5. The number of ether oxygens (including phenoxy) is 1. The van der Waals surface area contributed by atoms with Gasteiger partial charge in [0.25, 0.3) is 5.91 Å². The van der Waals surface area contributed by atoms with E-state index in [1.165, 1.54) is 36.9 Å². The van der Waals surface area contributed by atoms with Crippen LogP contribution in [0.2, 0.25) is 0 Å². The molecule has 1 heterocycles. The van der Waals surface area contributed by atoms with Gasteiger partial charge in [-0.2, -0.15) is 0 Å². The zero-order valence-corrected chi connectivity index (χ0v) is 12.0. The van der Waals surface area contributed by atoms with Crippen LogP contribution < -0.4 is 5.32 Å². The number of esters is 1. The number of halogens is 2. The highest BCUT2D eigenvalue weighted by molar-refractivity contribution is 5.96. The number of amides is 1. The summed E-state index contributed by atoms with van der Waals surface area (Å²) in [6.07, 6.45) is 0. The summed E-state index contributed by atoms with van der Waals surface area (Å²) in [5.41, 5.74) is 0.153. The highest BCUT2D eigenvalue weighted by Crippen LogP contribution is 2.13. The van der Waals surface area contributed by atoms with Crippen LogP contribution in [-0.4, -0.2) is 23.6 Å². The van der Waals surface area contributed by atoms with Crippen molar-refractivity contribution in [2.45, 2.75) is 6.54 Å². The van der Waals surface area contributed by atoms with Gasteiger partial charge in [-0.05, 0) is 24.3 Å². The van der Waals surface area contributed by atoms with E-state index < -0.39 is 23.5 Å². The molecule has 22 heavy (non-hydrogen) atoms. The normalized spacial score (nSPS) is 10.4. The number of aromatic nitrogens is 1. The molecular weight excluding hydrogens is 294 g/mol. The standard InChI is InChI=1S/C15H14F2N2O3/c1-19-12(6-7-13(19)15(21)22-2)14(20)18-8-9-10(16)4-3-5-11(9)17/h3-7H,8H2,1-2H3,(H,18,20). The van der Waals surface area contributed by atoms with E-state index in [1.807, 2.05) is 0 Å². The van der Waals surface area contributed by atoms with Crippen LogP contribution in [0, 0.1) is 11.6 Å². The highest BCUT2D eigenvalue weighted by Gasteiger charge is 2.18. The summed E-state index contributed by atoms with van der Waals surface area (Å²) < 4.78 is 32.9. The number of carbonyl (C=O) groups excluding carboxylic acids is 2. The van der Waals surface area contributed by atoms with Gasteiger partial charge in [0.15, 0.2) is 0 Å². The first-order valence-electron chi connectivity index (χ1n) is 6.40. The Morgan fingerprint density at radius 1 is 1.14 bits per heavy atom. The second kappa shape index (κ2) is 6.38. The Bertz CT molecular complexity index is 705. The molecule has 1 N–H and O–H groups in total. The number of hydrogen-bond donors (Lipinski definition) is 1. The van der Waals surface area contributed by atoms with Gasteiger partial charge < -0.3 is 14.6 Å². The van der Waals surface area contributed by atoms with Crippen LogP contribution in [-0.2, 0) is 18.3 Å². The SMILES string of the molecule is COC(=O)c1ccc(C(=O)NCc2c(F)cccc2F)n1C. The predicted octanol–water partition coefficient (Wildman–Crippen LogP) is 2.02. The van der Waals surface area contributed by atoms with E-state index in [9.17, 15) is 18.4 Å². The van der Waals surface area contributed by atoms with E-state index in [-0.39, 0.29) is 23.5 Å². The Labute approximate surface area is 125 Å². The first kappa shape index (κ1) is 15.7. The van der Waals surface area contributed by atoms with Crippen molar-refractivity contribution in [3.63, 3.8) is 0 Å². The van der Waals surface area contributed by atoms with E-state index in [0.29, 0.717) is 0 Å². The molecule has 0 saturated heterocycles. The minimum Gasteiger partial charge on any atom is -0.464 e. The number of hydrogen-bond acceptors (Lipinski definition) is 3. The molecule has 0 bridgehead atoms. The summed E-state index contributed by atoms with van der Waals surface area (Å²) >= 11 is 0. The van der Waals surface area contributed by atoms with Crippen molar-refractivity contribution in [1.29, 1.82) is 0 Å². The summed E-state index contributed by atoms with van der Waals surface area (Å²) in [6, 6.07) is 6.34. The fraction of sp³-hybridized carbons (Fsp3) is 0.200. The molecule has 5 nitrogen and oxygen atoms in total. The maximum atomic E-state index is 13.5. The van der Waals surface area contributed by atoms with E-state index in [1.54, 1.807) is 0 Å². The van der Waals surface area contributed by atoms with Crippen LogP contribution in [0.15, 0.2) is 30.3 Å². The Balaban J connectivity index is 2.14. The van der Waals surface area contributed by atoms with Gasteiger partial charge in [-0.1, -0.05) is 6.07 Å². The summed E-state index contributed by atoms with van der Waals surface area (Å²) in [5, 5.41) is 2.42. The van der Waals surface area contributed by atoms with Crippen LogP contribution in [0.5, 0.6) is 0 Å². The monoisotopic (exact) mass is 308 g/mol. The molecule has 7 heteroatoms. The molecule has 0 radical (unpaired) electrons. The van der Waals surface area contributed by atoms with Gasteiger partial charge >= 0.3 is 5.97 Å². The average Bonchev–Trinajstić information content (AvgIpc) is 2.87. The fourth-order valence-corrected chi connectivity index (χ4v) is 2.01. The number of rotatable bonds is 4. The minimum absolute atomic E-state index is 0.178. The van der Waals surface area contributed by atoms with Crippen LogP contribution in [0.25, 0.3) is 0 Å². The molecule has 0 aliphatic heterocycles. The zero-order chi connectivity index (χ0) is 16.3. The summed E-state index contributed by atoms with van der Waals surface area (Å²) in [7, 11) is 2.75. The van der Waals surface area contributed by atoms with Crippen molar-refractivity contribution in [2.24, 2.45) is 7.05 Å². The first-order valence-corrected chi connectivity index (χ1v) is 6.40. The molecule has 0 unspecified atom stereocenters. The van der Waals surface area contributed by atoms with Crippen LogP contribution in [0.3, 0.4) is 0 Å². The molecule has 1 aromatic heterocycles. The molecule has 2 rings (SSSR count). The van der Waals surface area contributed by atoms with E-state index in [4.69, 9.17) is 0 Å². The molecule has 0 spiro atoms. The van der Waals surface area contributed by atoms with Crippen molar-refractivity contribution in [2.75, 3.05) is 7.11 Å². The number of nitrogens with one attached hydrogen (secondary N) is 1. The van der Waals surface area contributed by atoms with E-state index >= 15 is 0 Å². The topological polar surface area (TPSA) is 60.3 Å². The van der Waals surface area contributed by atoms with Gasteiger partial charge in [0.2, 0.25) is 0 Å². The summed E-state index contributed by atoms with van der Waals surface area (Å²) in [5.74, 6) is -2.60. The lowest BCUT2D eigenvalue weighted by Crippen LogP contribution is -2.26. The molecule has 0 aliphatic carbocycles. The average molecular weight is 308 g/mol. The third kappa shape index (κ3) is 2.98. The fourth-order valence-electron chi connectivity index (χ4n) is 2.01. The predicted molar refractivity (Wildman–Crippen MR) is 74.3 cm³/mol. The third-order valence-corrected chi connectivity index (χ3v) is 3.24. The molecule has 2 aromatic rings. The lowest BCUT2D eigenvalue weighted by Gasteiger charge is -2.09. The summed E-state index contributed by atoms with van der Waals surface area (Å²) in [6.45, 7) is -0.296. The Morgan fingerprint density at radius 3 is 2.32 bits per heavy atom. The lowest BCUT2D eigenvalue weighted by atomic mass is 10.2. The van der Waals surface area contributed by atoms with Crippen molar-refractivity contribution < 1.29 is 23.1 Å². The Kier molecular flexibility index (Phi) is 4.55. The van der Waals surface area contributed by atoms with Gasteiger partial charge in [0, 0.05) is 19.2 Å². The van der Waals surface area contributed by atoms with E-state index in [2.05, 4.69) is 10.1 Å². The van der Waals surface area contributed by atoms with Gasteiger partial charge in [-0.25, -0.2) is 13.6 Å². The molecule has 0 fully saturated rings. The number of nitrogens with zero attached hydrogens (tertiary/aromatic N) is 1. The molecule has 0 aliphatic rings. The molecule has 116 valence electrons. The van der Waals surface area contributed by atoms with Gasteiger partial charge in [-0.15, -0.1) is 0 Å². The second-order valence-corrected chi connectivity index (χ2v) is 4.54. The quantitative estimate of drug-likeness (QED) is 0.879. The smallest absolute Gasteiger partial charge is 0.354 e. The lowest BCUT2D eigenvalue weighted by molar-refractivity contribution is 0.0590. The molecule has 1 amide bonds. The van der Waals surface area contributed by atoms with Gasteiger partial charge in [-0.3, -0.25) is 4.79 Å². The van der Waals surface area contributed by atoms with Gasteiger partial charge in [0.1, 0.15) is 23.0 Å². The Hall–Kier alpha value is -2.70. The number of carbonyl (C=O) groups is 2. The second-order valence-electron chi connectivity index (χ2n) is 4.54. The van der Waals surface area contributed by atoms with Crippen molar-refractivity contribution in [3.05, 3.63) is 58.9 Å². The minimum atomic E-state index is -0.734. The van der Waals surface area contributed by atoms with E-state index in [0.717, 1.165) is 12.1 Å². The Morgan fingerprint density at radius 2 is 1.73 bits per heavy atom. The molecule has 0 saturated carbocycles. The van der Waals surface area contributed by atoms with Crippen LogP contribution in [0.4, 0.5) is 8.78 Å². The molecular formula is C15H14F2N2O3. The third-order valence-electron chi connectivity index (χ3n) is 3.24. The highest BCUT2D eigenvalue weighted by atomic mass is 19.1. The zero-order valence-electron chi connectivity index (χ0n) is 12.0. The van der Waals surface area contributed by atoms with Crippen molar-refractivity contribution in [1.82, 2.24) is 9.88 Å². The molecule has 1 aromatic carbocycles. The maximum Gasteiger partial charge on any atom is 0.354 e. The first-order chi connectivity index (χ1) is 10.5.